The summed E-state index contributed by atoms with van der Waals surface area (Å²) in [5, 5.41) is 12.9. The van der Waals surface area contributed by atoms with Crippen molar-refractivity contribution in [3.05, 3.63) is 23.5 Å². The number of hydrogen-bond donors (Lipinski definition) is 2. The van der Waals surface area contributed by atoms with Crippen LogP contribution in [-0.2, 0) is 40.1 Å². The summed E-state index contributed by atoms with van der Waals surface area (Å²) in [6.45, 7) is 21.4. The Labute approximate surface area is 268 Å². The molecule has 0 radical (unpaired) electrons. The molecule has 0 aliphatic heterocycles. The molecule has 2 heterocycles. The van der Waals surface area contributed by atoms with Crippen LogP contribution >= 0.6 is 0 Å². The van der Waals surface area contributed by atoms with Crippen LogP contribution < -0.4 is 10.6 Å². The molecule has 2 amide bonds. The van der Waals surface area contributed by atoms with E-state index in [1.165, 1.54) is 27.7 Å². The minimum absolute atomic E-state index is 0.0191. The van der Waals surface area contributed by atoms with Gasteiger partial charge in [0.15, 0.2) is 19.7 Å². The highest BCUT2D eigenvalue weighted by Crippen LogP contribution is 2.34. The highest BCUT2D eigenvalue weighted by molar-refractivity contribution is 7.93. The Morgan fingerprint density at radius 1 is 0.756 bits per heavy atom. The van der Waals surface area contributed by atoms with Crippen LogP contribution in [0.25, 0.3) is 0 Å². The molecule has 2 aromatic heterocycles. The molecule has 0 spiro atoms. The zero-order chi connectivity index (χ0) is 34.8. The van der Waals surface area contributed by atoms with Gasteiger partial charge in [0.25, 0.3) is 0 Å². The fourth-order valence-corrected chi connectivity index (χ4v) is 6.96. The van der Waals surface area contributed by atoms with E-state index in [-0.39, 0.29) is 45.9 Å². The number of hydrogen-bond acceptors (Lipinski definition) is 10. The Hall–Kier alpha value is -2.74. The summed E-state index contributed by atoms with van der Waals surface area (Å²) in [5.74, 6) is -0.368. The maximum absolute atomic E-state index is 12.4. The smallest absolute Gasteiger partial charge is 0.247 e. The van der Waals surface area contributed by atoms with Crippen molar-refractivity contribution in [2.24, 2.45) is 11.8 Å². The zero-order valence-electron chi connectivity index (χ0n) is 28.8. The van der Waals surface area contributed by atoms with Gasteiger partial charge in [-0.15, -0.1) is 0 Å². The third-order valence-electron chi connectivity index (χ3n) is 7.80. The number of nitrogens with one attached hydrogen (secondary N) is 2. The predicted molar refractivity (Wildman–Crippen MR) is 176 cm³/mol. The molecule has 0 saturated heterocycles. The first-order chi connectivity index (χ1) is 20.2. The van der Waals surface area contributed by atoms with Crippen LogP contribution in [0, 0.1) is 11.8 Å². The summed E-state index contributed by atoms with van der Waals surface area (Å²) in [7, 11) is -7.08. The van der Waals surface area contributed by atoms with E-state index in [1.54, 1.807) is 12.1 Å². The molecule has 14 heteroatoms. The molecule has 12 nitrogen and oxygen atoms in total. The molecule has 1 saturated carbocycles. The van der Waals surface area contributed by atoms with Crippen molar-refractivity contribution in [2.45, 2.75) is 123 Å². The van der Waals surface area contributed by atoms with Gasteiger partial charge in [0.05, 0.1) is 22.9 Å². The number of rotatable bonds is 11. The van der Waals surface area contributed by atoms with Crippen molar-refractivity contribution >= 4 is 43.3 Å². The van der Waals surface area contributed by atoms with Gasteiger partial charge in [0, 0.05) is 23.0 Å². The maximum Gasteiger partial charge on any atom is 0.247 e. The van der Waals surface area contributed by atoms with E-state index >= 15 is 0 Å². The number of carbonyl (C=O) groups is 2. The summed E-state index contributed by atoms with van der Waals surface area (Å²) in [6, 6.07) is 3.25. The lowest BCUT2D eigenvalue weighted by atomic mass is 9.92. The molecule has 45 heavy (non-hydrogen) atoms. The maximum atomic E-state index is 12.4. The molecule has 0 aromatic carbocycles. The topological polar surface area (TPSA) is 179 Å². The summed E-state index contributed by atoms with van der Waals surface area (Å²) in [6.07, 6.45) is 2.37. The van der Waals surface area contributed by atoms with Crippen LogP contribution in [-0.4, -0.2) is 60.0 Å². The summed E-state index contributed by atoms with van der Waals surface area (Å²) in [4.78, 5) is 24.8. The molecule has 1 aliphatic rings. The highest BCUT2D eigenvalue weighted by Gasteiger charge is 2.45. The Kier molecular flexibility index (Phi) is 11.6. The average molecular weight is 673 g/mol. The zero-order valence-corrected chi connectivity index (χ0v) is 30.5. The van der Waals surface area contributed by atoms with Crippen LogP contribution in [0.15, 0.2) is 21.2 Å². The number of nitrogens with zero attached hydrogens (tertiary/aromatic N) is 2. The van der Waals surface area contributed by atoms with Gasteiger partial charge in [-0.2, -0.15) is 0 Å². The van der Waals surface area contributed by atoms with Crippen molar-refractivity contribution in [3.63, 3.8) is 0 Å². The Bertz CT molecular complexity index is 1550. The van der Waals surface area contributed by atoms with Crippen molar-refractivity contribution in [3.8, 4) is 0 Å². The van der Waals surface area contributed by atoms with Gasteiger partial charge in [0.2, 0.25) is 23.6 Å². The van der Waals surface area contributed by atoms with Crippen molar-refractivity contribution in [1.82, 2.24) is 10.3 Å². The van der Waals surface area contributed by atoms with Gasteiger partial charge in [0.1, 0.15) is 9.49 Å². The number of aromatic nitrogens is 2. The fraction of sp³-hybridized carbons (Fsp3) is 0.742. The van der Waals surface area contributed by atoms with Crippen LogP contribution in [0.5, 0.6) is 0 Å². The lowest BCUT2D eigenvalue weighted by molar-refractivity contribution is -0.118. The van der Waals surface area contributed by atoms with E-state index in [9.17, 15) is 26.4 Å². The number of amides is 2. The first-order valence-corrected chi connectivity index (χ1v) is 18.5. The van der Waals surface area contributed by atoms with Gasteiger partial charge in [-0.3, -0.25) is 20.2 Å². The van der Waals surface area contributed by atoms with E-state index in [4.69, 9.17) is 9.05 Å². The molecule has 2 N–H and O–H groups in total. The first kappa shape index (κ1) is 38.4. The van der Waals surface area contributed by atoms with Crippen LogP contribution in [0.4, 0.5) is 11.8 Å². The van der Waals surface area contributed by atoms with Crippen molar-refractivity contribution in [1.29, 1.82) is 0 Å². The molecule has 1 aliphatic carbocycles. The molecule has 0 unspecified atom stereocenters. The van der Waals surface area contributed by atoms with E-state index in [0.717, 1.165) is 12.8 Å². The fourth-order valence-electron chi connectivity index (χ4n) is 3.63. The lowest BCUT2D eigenvalue weighted by Crippen LogP contribution is -2.45. The van der Waals surface area contributed by atoms with E-state index < -0.39 is 41.0 Å². The molecular formula is C31H52N4O8S2. The quantitative estimate of drug-likeness (QED) is 0.302. The SMILES string of the molecule is CC(C)(C)c1cc(NC(=O)C(C)(C)S(=O)(=O)CC2CC2)on1.CC(C)CCS(=O)(=O)C(C)(C)C(=O)Nc1cc(C(C)(C)C)no1. The minimum Gasteiger partial charge on any atom is -0.338 e. The Morgan fingerprint density at radius 3 is 1.44 bits per heavy atom. The number of carbonyl (C=O) groups excluding carboxylic acids is 2. The Morgan fingerprint density at radius 2 is 1.13 bits per heavy atom. The molecule has 0 atom stereocenters. The number of sulfone groups is 2. The predicted octanol–water partition coefficient (Wildman–Crippen LogP) is 5.66. The van der Waals surface area contributed by atoms with Gasteiger partial charge in [-0.25, -0.2) is 16.8 Å². The molecule has 1 fully saturated rings. The van der Waals surface area contributed by atoms with Gasteiger partial charge in [-0.1, -0.05) is 65.7 Å². The van der Waals surface area contributed by atoms with E-state index in [0.29, 0.717) is 17.8 Å². The second-order valence-corrected chi connectivity index (χ2v) is 20.5. The Balaban J connectivity index is 0.000000314. The van der Waals surface area contributed by atoms with Crippen LogP contribution in [0.2, 0.25) is 0 Å². The summed E-state index contributed by atoms with van der Waals surface area (Å²) < 4.78 is 56.8. The van der Waals surface area contributed by atoms with Crippen molar-refractivity contribution in [2.75, 3.05) is 22.1 Å². The molecule has 256 valence electrons. The second-order valence-electron chi connectivity index (χ2n) is 15.3. The van der Waals surface area contributed by atoms with E-state index in [2.05, 4.69) is 20.9 Å². The van der Waals surface area contributed by atoms with Crippen LogP contribution in [0.1, 0.15) is 114 Å². The summed E-state index contributed by atoms with van der Waals surface area (Å²) in [5.41, 5.74) is 0.959. The second kappa shape index (κ2) is 13.5. The average Bonchev–Trinajstić information content (AvgIpc) is 3.33. The first-order valence-electron chi connectivity index (χ1n) is 15.2. The molecule has 3 rings (SSSR count). The van der Waals surface area contributed by atoms with Gasteiger partial charge < -0.3 is 9.05 Å². The van der Waals surface area contributed by atoms with E-state index in [1.807, 2.05) is 55.4 Å². The lowest BCUT2D eigenvalue weighted by Gasteiger charge is -2.23. The number of anilines is 2. The van der Waals surface area contributed by atoms with Gasteiger partial charge >= 0.3 is 0 Å². The molecular weight excluding hydrogens is 620 g/mol. The largest absolute Gasteiger partial charge is 0.338 e. The minimum atomic E-state index is -3.57. The summed E-state index contributed by atoms with van der Waals surface area (Å²) >= 11 is 0. The molecule has 0 bridgehead atoms. The third-order valence-corrected chi connectivity index (χ3v) is 13.0. The van der Waals surface area contributed by atoms with Crippen LogP contribution in [0.3, 0.4) is 0 Å². The normalized spacial score (nSPS) is 15.0. The highest BCUT2D eigenvalue weighted by atomic mass is 32.2. The van der Waals surface area contributed by atoms with Gasteiger partial charge in [-0.05, 0) is 58.8 Å². The van der Waals surface area contributed by atoms with Crippen molar-refractivity contribution < 1.29 is 35.5 Å². The third kappa shape index (κ3) is 10.1. The standard InChI is InChI=1S/C16H28N2O4S.C15H24N2O4S/c1-11(2)8-9-23(20,21)16(6,7)14(19)17-13-10-12(18-22-13)15(3,4)5;1-14(2,3)11-8-12(21-17-11)16-13(18)15(4,5)22(19,20)9-10-6-7-10/h10-11H,8-9H2,1-7H3,(H,17,19);8,10H,6-7,9H2,1-5H3,(H,16,18). The monoisotopic (exact) mass is 672 g/mol. The molecule has 2 aromatic rings.